The van der Waals surface area contributed by atoms with E-state index in [2.05, 4.69) is 41.2 Å². The molecule has 4 aromatic carbocycles. The quantitative estimate of drug-likeness (QED) is 0.105. The lowest BCUT2D eigenvalue weighted by atomic mass is 9.99. The van der Waals surface area contributed by atoms with Crippen molar-refractivity contribution in [2.75, 3.05) is 57.3 Å². The molecule has 320 valence electrons. The highest BCUT2D eigenvalue weighted by Crippen LogP contribution is 2.26. The Morgan fingerprint density at radius 1 is 0.565 bits per heavy atom. The summed E-state index contributed by atoms with van der Waals surface area (Å²) < 4.78 is 16.0. The molecule has 4 heterocycles. The minimum Gasteiger partial charge on any atom is -0.381 e. The van der Waals surface area contributed by atoms with Gasteiger partial charge in [0.1, 0.15) is 0 Å². The van der Waals surface area contributed by atoms with E-state index in [9.17, 15) is 19.2 Å². The average Bonchev–Trinajstić information content (AvgIpc) is 3.31. The molecule has 15 heteroatoms. The van der Waals surface area contributed by atoms with E-state index in [1.54, 1.807) is 19.2 Å². The molecule has 2 fully saturated rings. The smallest absolute Gasteiger partial charge is 0.273 e. The predicted molar refractivity (Wildman–Crippen MR) is 235 cm³/mol. The summed E-state index contributed by atoms with van der Waals surface area (Å²) in [5.74, 6) is -0.354. The fraction of sp³-hybridized carbons (Fsp3) is 0.319. The number of carbonyl (C=O) groups excluding carboxylic acids is 4. The number of rotatable bonds is 12. The Kier molecular flexibility index (Phi) is 14.9. The van der Waals surface area contributed by atoms with E-state index in [0.29, 0.717) is 55.9 Å². The molecule has 0 saturated carbocycles. The Hall–Kier alpha value is -6.68. The number of methoxy groups -OCH3 is 1. The molecule has 6 aromatic rings. The van der Waals surface area contributed by atoms with Crippen molar-refractivity contribution in [3.05, 3.63) is 131 Å². The zero-order chi connectivity index (χ0) is 43.3. The van der Waals surface area contributed by atoms with Gasteiger partial charge in [0, 0.05) is 82.5 Å². The Bertz CT molecular complexity index is 2540. The number of aromatic nitrogens is 4. The van der Waals surface area contributed by atoms with Crippen molar-refractivity contribution in [1.82, 2.24) is 30.6 Å². The molecule has 0 bridgehead atoms. The molecule has 8 rings (SSSR count). The summed E-state index contributed by atoms with van der Waals surface area (Å²) in [7, 11) is 1.64. The topological polar surface area (TPSA) is 196 Å². The monoisotopic (exact) mass is 838 g/mol. The van der Waals surface area contributed by atoms with Gasteiger partial charge in [-0.1, -0.05) is 60.7 Å². The second-order valence-corrected chi connectivity index (χ2v) is 15.2. The van der Waals surface area contributed by atoms with E-state index >= 15 is 0 Å². The number of ether oxygens (including phenoxy) is 3. The Morgan fingerprint density at radius 3 is 1.50 bits per heavy atom. The van der Waals surface area contributed by atoms with Crippen LogP contribution in [0.2, 0.25) is 0 Å². The van der Waals surface area contributed by atoms with Crippen LogP contribution in [0.25, 0.3) is 21.5 Å². The summed E-state index contributed by atoms with van der Waals surface area (Å²) >= 11 is 0. The van der Waals surface area contributed by atoms with Crippen molar-refractivity contribution < 1.29 is 33.4 Å². The number of hydrogen-bond donors (Lipinski definition) is 4. The maximum absolute atomic E-state index is 13.1. The van der Waals surface area contributed by atoms with Crippen LogP contribution < -0.4 is 21.3 Å². The van der Waals surface area contributed by atoms with Crippen LogP contribution in [0.5, 0.6) is 0 Å². The van der Waals surface area contributed by atoms with Gasteiger partial charge in [0.05, 0.1) is 6.61 Å². The van der Waals surface area contributed by atoms with Crippen molar-refractivity contribution in [1.29, 1.82) is 0 Å². The Labute approximate surface area is 359 Å². The third kappa shape index (κ3) is 10.8. The third-order valence-electron chi connectivity index (χ3n) is 11.0. The maximum Gasteiger partial charge on any atom is 0.273 e. The van der Waals surface area contributed by atoms with E-state index in [-0.39, 0.29) is 46.7 Å². The fourth-order valence-electron chi connectivity index (χ4n) is 7.57. The average molecular weight is 839 g/mol. The number of carbonyl (C=O) groups is 4. The molecule has 0 atom stereocenters. The number of hydrogen-bond acceptors (Lipinski definition) is 11. The molecule has 4 amide bonds. The fourth-order valence-corrected chi connectivity index (χ4v) is 7.57. The molecule has 0 unspecified atom stereocenters. The summed E-state index contributed by atoms with van der Waals surface area (Å²) in [5.41, 5.74) is 3.29. The maximum atomic E-state index is 13.1. The van der Waals surface area contributed by atoms with E-state index in [1.807, 2.05) is 67.6 Å². The van der Waals surface area contributed by atoms with Crippen LogP contribution in [0.15, 0.2) is 97.6 Å². The summed E-state index contributed by atoms with van der Waals surface area (Å²) in [6.07, 6.45) is 9.46. The lowest BCUT2D eigenvalue weighted by molar-refractivity contribution is 0.0642. The van der Waals surface area contributed by atoms with Crippen molar-refractivity contribution in [2.45, 2.75) is 39.2 Å². The largest absolute Gasteiger partial charge is 0.381 e. The highest BCUT2D eigenvalue weighted by Gasteiger charge is 2.23. The number of aryl methyl sites for hydroxylation is 1. The first-order valence-electron chi connectivity index (χ1n) is 20.7. The molecule has 2 aromatic heterocycles. The number of amides is 4. The lowest BCUT2D eigenvalue weighted by Crippen LogP contribution is -2.33. The molecule has 0 aliphatic carbocycles. The van der Waals surface area contributed by atoms with Crippen LogP contribution >= 0.6 is 0 Å². The standard InChI is InChI=1S/C24H26N4O4.C23H24N4O3/c1-31-15-17-6-7-20(19-5-3-2-4-18(17)19)23(29)28-22-21(25-10-11-26-22)24(30)27-14-16-8-12-32-13-9-16;1-15-6-7-19(18-5-3-2-4-17(15)18)22(28)27-21-20(24-10-11-25-21)23(29)26-14-16-8-12-30-13-9-16/h2-7,10-11,16H,8-9,12-15H2,1H3,(H,27,30)(H,26,28,29);2-7,10-11,16H,8-9,12-14H2,1H3,(H,26,29)(H,25,27,28). The van der Waals surface area contributed by atoms with Gasteiger partial charge in [-0.15, -0.1) is 0 Å². The van der Waals surface area contributed by atoms with Gasteiger partial charge in [-0.25, -0.2) is 19.9 Å². The van der Waals surface area contributed by atoms with Crippen molar-refractivity contribution in [2.24, 2.45) is 11.8 Å². The molecule has 62 heavy (non-hydrogen) atoms. The summed E-state index contributed by atoms with van der Waals surface area (Å²) in [6, 6.07) is 22.7. The molecule has 15 nitrogen and oxygen atoms in total. The number of fused-ring (bicyclic) bond motifs is 2. The molecule has 4 N–H and O–H groups in total. The van der Waals surface area contributed by atoms with Gasteiger partial charge in [0.2, 0.25) is 0 Å². The molecule has 2 aliphatic heterocycles. The second kappa shape index (κ2) is 21.2. The van der Waals surface area contributed by atoms with Crippen LogP contribution in [0.4, 0.5) is 11.6 Å². The zero-order valence-corrected chi connectivity index (χ0v) is 34.8. The van der Waals surface area contributed by atoms with Crippen LogP contribution in [0.3, 0.4) is 0 Å². The highest BCUT2D eigenvalue weighted by atomic mass is 16.5. The van der Waals surface area contributed by atoms with Gasteiger partial charge >= 0.3 is 0 Å². The van der Waals surface area contributed by atoms with Gasteiger partial charge in [0.15, 0.2) is 23.0 Å². The van der Waals surface area contributed by atoms with Gasteiger partial charge in [0.25, 0.3) is 23.6 Å². The van der Waals surface area contributed by atoms with E-state index < -0.39 is 0 Å². The van der Waals surface area contributed by atoms with Crippen molar-refractivity contribution >= 4 is 56.8 Å². The molecular weight excluding hydrogens is 789 g/mol. The first kappa shape index (κ1) is 43.4. The number of benzene rings is 4. The SMILES string of the molecule is COCc1ccc(C(=O)Nc2nccnc2C(=O)NCC2CCOCC2)c2ccccc12.Cc1ccc(C(=O)Nc2nccnc2C(=O)NCC2CCOCC2)c2ccccc12. The number of nitrogens with zero attached hydrogens (tertiary/aromatic N) is 4. The summed E-state index contributed by atoms with van der Waals surface area (Å²) in [4.78, 5) is 68.2. The van der Waals surface area contributed by atoms with Crippen molar-refractivity contribution in [3.8, 4) is 0 Å². The zero-order valence-electron chi connectivity index (χ0n) is 34.8. The Morgan fingerprint density at radius 2 is 1.00 bits per heavy atom. The summed E-state index contributed by atoms with van der Waals surface area (Å²) in [5, 5.41) is 15.0. The molecule has 2 aliphatic rings. The predicted octanol–water partition coefficient (Wildman–Crippen LogP) is 6.53. The van der Waals surface area contributed by atoms with Gasteiger partial charge < -0.3 is 35.5 Å². The van der Waals surface area contributed by atoms with Crippen LogP contribution in [0.1, 0.15) is 78.5 Å². The van der Waals surface area contributed by atoms with E-state index in [4.69, 9.17) is 14.2 Å². The van der Waals surface area contributed by atoms with Crippen LogP contribution in [0, 0.1) is 18.8 Å². The molecule has 0 radical (unpaired) electrons. The first-order chi connectivity index (χ1) is 30.3. The van der Waals surface area contributed by atoms with E-state index in [1.165, 1.54) is 24.8 Å². The second-order valence-electron chi connectivity index (χ2n) is 15.2. The minimum atomic E-state index is -0.361. The summed E-state index contributed by atoms with van der Waals surface area (Å²) in [6.45, 7) is 6.41. The first-order valence-corrected chi connectivity index (χ1v) is 20.7. The van der Waals surface area contributed by atoms with Crippen molar-refractivity contribution in [3.63, 3.8) is 0 Å². The minimum absolute atomic E-state index is 0.0909. The third-order valence-corrected chi connectivity index (χ3v) is 11.0. The van der Waals surface area contributed by atoms with Crippen LogP contribution in [-0.2, 0) is 20.8 Å². The molecule has 0 spiro atoms. The van der Waals surface area contributed by atoms with Crippen LogP contribution in [-0.4, -0.2) is 90.2 Å². The number of nitrogens with one attached hydrogen (secondary N) is 4. The molecule has 2 saturated heterocycles. The van der Waals surface area contributed by atoms with Gasteiger partial charge in [-0.2, -0.15) is 0 Å². The van der Waals surface area contributed by atoms with Gasteiger partial charge in [-0.3, -0.25) is 19.2 Å². The lowest BCUT2D eigenvalue weighted by Gasteiger charge is -2.22. The van der Waals surface area contributed by atoms with Gasteiger partial charge in [-0.05, 0) is 89.2 Å². The Balaban J connectivity index is 0.000000187. The molecular formula is C47H50N8O7. The number of anilines is 2. The van der Waals surface area contributed by atoms with E-state index in [0.717, 1.165) is 71.6 Å². The highest BCUT2D eigenvalue weighted by molar-refractivity contribution is 6.15. The normalized spacial score (nSPS) is 14.4.